The molecule has 0 radical (unpaired) electrons. The number of nitrogens with one attached hydrogen (secondary N) is 2. The number of hydrogen-bond donors (Lipinski definition) is 2. The van der Waals surface area contributed by atoms with Gasteiger partial charge in [0.15, 0.2) is 15.8 Å². The van der Waals surface area contributed by atoms with Crippen LogP contribution in [0.1, 0.15) is 31.9 Å². The molecule has 0 atom stereocenters. The molecule has 2 aromatic rings. The molecule has 0 saturated heterocycles. The van der Waals surface area contributed by atoms with Crippen LogP contribution in [0.15, 0.2) is 58.4 Å². The van der Waals surface area contributed by atoms with E-state index >= 15 is 0 Å². The van der Waals surface area contributed by atoms with Crippen molar-refractivity contribution in [2.75, 3.05) is 13.3 Å². The Labute approximate surface area is 168 Å². The molecule has 28 heavy (non-hydrogen) atoms. The Morgan fingerprint density at radius 1 is 1.00 bits per heavy atom. The van der Waals surface area contributed by atoms with E-state index in [-0.39, 0.29) is 5.60 Å². The summed E-state index contributed by atoms with van der Waals surface area (Å²) in [5, 5.41) is 6.51. The number of hydrogen-bond acceptors (Lipinski definition) is 4. The van der Waals surface area contributed by atoms with E-state index in [1.54, 1.807) is 31.3 Å². The van der Waals surface area contributed by atoms with Crippen LogP contribution in [0.3, 0.4) is 0 Å². The van der Waals surface area contributed by atoms with Crippen molar-refractivity contribution in [3.63, 3.8) is 0 Å². The van der Waals surface area contributed by atoms with Gasteiger partial charge in [-0.05, 0) is 44.5 Å². The van der Waals surface area contributed by atoms with Gasteiger partial charge in [0.25, 0.3) is 0 Å². The molecule has 0 unspecified atom stereocenters. The van der Waals surface area contributed by atoms with Gasteiger partial charge in [-0.1, -0.05) is 30.3 Å². The number of nitrogens with zero attached hydrogens (tertiary/aromatic N) is 1. The lowest BCUT2D eigenvalue weighted by Crippen LogP contribution is -2.36. The van der Waals surface area contributed by atoms with Gasteiger partial charge in [-0.15, -0.1) is 0 Å². The fourth-order valence-corrected chi connectivity index (χ4v) is 3.15. The largest absolute Gasteiger partial charge is 0.488 e. The summed E-state index contributed by atoms with van der Waals surface area (Å²) in [5.74, 6) is 1.49. The topological polar surface area (TPSA) is 79.8 Å². The Kier molecular flexibility index (Phi) is 7.07. The molecule has 7 heteroatoms. The Bertz CT molecular complexity index is 915. The fourth-order valence-electron chi connectivity index (χ4n) is 2.52. The van der Waals surface area contributed by atoms with E-state index in [9.17, 15) is 8.42 Å². The average Bonchev–Trinajstić information content (AvgIpc) is 2.61. The Hall–Kier alpha value is -2.54. The fraction of sp³-hybridized carbons (Fsp3) is 0.381. The van der Waals surface area contributed by atoms with Crippen molar-refractivity contribution in [1.82, 2.24) is 10.6 Å². The molecule has 0 spiro atoms. The second kappa shape index (κ2) is 9.10. The lowest BCUT2D eigenvalue weighted by atomic mass is 10.1. The van der Waals surface area contributed by atoms with Crippen LogP contribution < -0.4 is 15.4 Å². The van der Waals surface area contributed by atoms with Crippen LogP contribution in [0.2, 0.25) is 0 Å². The summed E-state index contributed by atoms with van der Waals surface area (Å²) in [6.07, 6.45) is 1.20. The molecule has 2 N–H and O–H groups in total. The van der Waals surface area contributed by atoms with Crippen LogP contribution in [0, 0.1) is 0 Å². The van der Waals surface area contributed by atoms with Crippen molar-refractivity contribution in [2.24, 2.45) is 4.99 Å². The zero-order valence-corrected chi connectivity index (χ0v) is 17.9. The van der Waals surface area contributed by atoms with Crippen LogP contribution in [0.5, 0.6) is 5.75 Å². The van der Waals surface area contributed by atoms with Gasteiger partial charge in [-0.3, -0.25) is 4.99 Å². The normalized spacial score (nSPS) is 12.5. The predicted octanol–water partition coefficient (Wildman–Crippen LogP) is 3.13. The molecule has 0 aromatic heterocycles. The van der Waals surface area contributed by atoms with E-state index in [2.05, 4.69) is 15.6 Å². The van der Waals surface area contributed by atoms with Crippen molar-refractivity contribution in [2.45, 2.75) is 44.4 Å². The molecule has 2 aromatic carbocycles. The number of aliphatic imine (C=N–C) groups is 1. The third-order valence-corrected chi connectivity index (χ3v) is 5.00. The van der Waals surface area contributed by atoms with Gasteiger partial charge in [0.1, 0.15) is 11.4 Å². The molecule has 0 aliphatic carbocycles. The molecule has 0 aliphatic rings. The second-order valence-electron chi connectivity index (χ2n) is 7.52. The lowest BCUT2D eigenvalue weighted by Gasteiger charge is -2.23. The predicted molar refractivity (Wildman–Crippen MR) is 113 cm³/mol. The third-order valence-electron chi connectivity index (χ3n) is 3.87. The highest BCUT2D eigenvalue weighted by Crippen LogP contribution is 2.22. The van der Waals surface area contributed by atoms with Gasteiger partial charge in [0.2, 0.25) is 0 Å². The maximum absolute atomic E-state index is 11.5. The minimum Gasteiger partial charge on any atom is -0.488 e. The third kappa shape index (κ3) is 6.88. The quantitative estimate of drug-likeness (QED) is 0.572. The van der Waals surface area contributed by atoms with Crippen molar-refractivity contribution >= 4 is 15.8 Å². The van der Waals surface area contributed by atoms with Gasteiger partial charge in [0.05, 0.1) is 4.90 Å². The van der Waals surface area contributed by atoms with Gasteiger partial charge < -0.3 is 15.4 Å². The van der Waals surface area contributed by atoms with E-state index in [1.807, 2.05) is 45.0 Å². The molecule has 152 valence electrons. The molecule has 0 heterocycles. The van der Waals surface area contributed by atoms with E-state index < -0.39 is 9.84 Å². The number of para-hydroxylation sites is 1. The molecule has 0 saturated carbocycles. The van der Waals surface area contributed by atoms with Crippen LogP contribution in [0.25, 0.3) is 0 Å². The van der Waals surface area contributed by atoms with Gasteiger partial charge in [0, 0.05) is 32.0 Å². The highest BCUT2D eigenvalue weighted by atomic mass is 32.2. The average molecular weight is 404 g/mol. The van der Waals surface area contributed by atoms with Crippen molar-refractivity contribution in [1.29, 1.82) is 0 Å². The number of rotatable bonds is 6. The summed E-state index contributed by atoms with van der Waals surface area (Å²) in [7, 11) is -1.47. The number of sulfone groups is 1. The summed E-state index contributed by atoms with van der Waals surface area (Å²) in [6, 6.07) is 14.7. The Balaban J connectivity index is 1.95. The maximum atomic E-state index is 11.5. The van der Waals surface area contributed by atoms with E-state index in [0.717, 1.165) is 16.9 Å². The first-order chi connectivity index (χ1) is 13.1. The molecule has 2 rings (SSSR count). The summed E-state index contributed by atoms with van der Waals surface area (Å²) in [4.78, 5) is 4.55. The van der Waals surface area contributed by atoms with Gasteiger partial charge in [-0.25, -0.2) is 8.42 Å². The zero-order valence-electron chi connectivity index (χ0n) is 17.1. The van der Waals surface area contributed by atoms with Crippen molar-refractivity contribution < 1.29 is 13.2 Å². The lowest BCUT2D eigenvalue weighted by molar-refractivity contribution is 0.129. The summed E-state index contributed by atoms with van der Waals surface area (Å²) in [5.41, 5.74) is 1.73. The first-order valence-electron chi connectivity index (χ1n) is 9.09. The minimum atomic E-state index is -3.18. The second-order valence-corrected chi connectivity index (χ2v) is 9.53. The molecule has 0 amide bonds. The van der Waals surface area contributed by atoms with Crippen molar-refractivity contribution in [3.05, 3.63) is 59.7 Å². The van der Waals surface area contributed by atoms with Crippen LogP contribution in [0.4, 0.5) is 0 Å². The molecular formula is C21H29N3O3S. The summed E-state index contributed by atoms with van der Waals surface area (Å²) < 4.78 is 29.1. The van der Waals surface area contributed by atoms with Crippen LogP contribution in [-0.4, -0.2) is 33.3 Å². The standard InChI is InChI=1S/C21H29N3O3S/c1-21(2,3)27-19-9-7-6-8-17(19)15-24-20(22-4)23-14-16-10-12-18(13-11-16)28(5,25)26/h6-13H,14-15H2,1-5H3,(H2,22,23,24). The Morgan fingerprint density at radius 2 is 1.61 bits per heavy atom. The van der Waals surface area contributed by atoms with Crippen molar-refractivity contribution in [3.8, 4) is 5.75 Å². The van der Waals surface area contributed by atoms with Gasteiger partial charge >= 0.3 is 0 Å². The molecule has 0 aliphatic heterocycles. The van der Waals surface area contributed by atoms with E-state index in [0.29, 0.717) is 23.9 Å². The maximum Gasteiger partial charge on any atom is 0.191 e. The monoisotopic (exact) mass is 403 g/mol. The highest BCUT2D eigenvalue weighted by Gasteiger charge is 2.14. The molecular weight excluding hydrogens is 374 g/mol. The number of benzene rings is 2. The summed E-state index contributed by atoms with van der Waals surface area (Å²) in [6.45, 7) is 7.16. The highest BCUT2D eigenvalue weighted by molar-refractivity contribution is 7.90. The molecule has 6 nitrogen and oxygen atoms in total. The molecule has 0 fully saturated rings. The van der Waals surface area contributed by atoms with E-state index in [1.165, 1.54) is 6.26 Å². The zero-order chi connectivity index (χ0) is 20.8. The first-order valence-corrected chi connectivity index (χ1v) is 11.0. The van der Waals surface area contributed by atoms with E-state index in [4.69, 9.17) is 4.74 Å². The summed E-state index contributed by atoms with van der Waals surface area (Å²) >= 11 is 0. The number of ether oxygens (including phenoxy) is 1. The smallest absolute Gasteiger partial charge is 0.191 e. The first kappa shape index (κ1) is 21.8. The SMILES string of the molecule is CN=C(NCc1ccc(S(C)(=O)=O)cc1)NCc1ccccc1OC(C)(C)C. The number of guanidine groups is 1. The van der Waals surface area contributed by atoms with Gasteiger partial charge in [-0.2, -0.15) is 0 Å². The van der Waals surface area contributed by atoms with Crippen LogP contribution in [-0.2, 0) is 22.9 Å². The van der Waals surface area contributed by atoms with Crippen LogP contribution >= 0.6 is 0 Å². The minimum absolute atomic E-state index is 0.270. The Morgan fingerprint density at radius 3 is 2.18 bits per heavy atom. The molecule has 0 bridgehead atoms.